The van der Waals surface area contributed by atoms with Crippen LogP contribution in [0.1, 0.15) is 39.2 Å². The zero-order valence-electron chi connectivity index (χ0n) is 14.5. The predicted molar refractivity (Wildman–Crippen MR) is 90.5 cm³/mol. The Labute approximate surface area is 142 Å². The van der Waals surface area contributed by atoms with Gasteiger partial charge in [0.05, 0.1) is 6.54 Å². The highest BCUT2D eigenvalue weighted by atomic mass is 16.6. The van der Waals surface area contributed by atoms with Crippen molar-refractivity contribution in [2.75, 3.05) is 6.54 Å². The maximum Gasteiger partial charge on any atom is 0.407 e. The Bertz CT molecular complexity index is 578. The van der Waals surface area contributed by atoms with E-state index in [1.165, 1.54) is 0 Å². The number of nitrogens with one attached hydrogen (secondary N) is 2. The minimum Gasteiger partial charge on any atom is -0.444 e. The van der Waals surface area contributed by atoms with Gasteiger partial charge >= 0.3 is 6.09 Å². The topological polar surface area (TPSA) is 87.7 Å². The molecule has 6 heteroatoms. The van der Waals surface area contributed by atoms with Crippen molar-refractivity contribution in [2.45, 2.75) is 57.3 Å². The van der Waals surface area contributed by atoms with E-state index in [2.05, 4.69) is 10.6 Å². The molecule has 0 aliphatic heterocycles. The van der Waals surface area contributed by atoms with E-state index >= 15 is 0 Å². The first-order valence-corrected chi connectivity index (χ1v) is 8.22. The molecule has 1 aliphatic rings. The number of rotatable bonds is 6. The van der Waals surface area contributed by atoms with Crippen LogP contribution in [0.4, 0.5) is 4.79 Å². The third-order valence-electron chi connectivity index (χ3n) is 3.60. The highest BCUT2D eigenvalue weighted by Gasteiger charge is 2.39. The minimum atomic E-state index is -1.72. The van der Waals surface area contributed by atoms with Crippen LogP contribution in [0.5, 0.6) is 0 Å². The Hall–Kier alpha value is -2.08. The number of benzene rings is 1. The second-order valence-electron chi connectivity index (χ2n) is 7.30. The molecule has 1 aliphatic carbocycles. The number of carbonyl (C=O) groups excluding carboxylic acids is 2. The van der Waals surface area contributed by atoms with Gasteiger partial charge in [0, 0.05) is 12.5 Å². The number of aliphatic hydroxyl groups is 1. The monoisotopic (exact) mass is 334 g/mol. The van der Waals surface area contributed by atoms with Crippen LogP contribution in [0, 0.1) is 0 Å². The van der Waals surface area contributed by atoms with Crippen molar-refractivity contribution >= 4 is 12.0 Å². The number of carbonyl (C=O) groups is 2. The molecule has 1 saturated carbocycles. The summed E-state index contributed by atoms with van der Waals surface area (Å²) in [4.78, 5) is 24.3. The molecule has 0 spiro atoms. The van der Waals surface area contributed by atoms with Gasteiger partial charge in [-0.1, -0.05) is 30.3 Å². The van der Waals surface area contributed by atoms with Gasteiger partial charge in [-0.2, -0.15) is 0 Å². The van der Waals surface area contributed by atoms with Gasteiger partial charge in [0.2, 0.25) is 0 Å². The van der Waals surface area contributed by atoms with Crippen molar-refractivity contribution in [1.82, 2.24) is 10.6 Å². The molecule has 132 valence electrons. The van der Waals surface area contributed by atoms with Crippen molar-refractivity contribution in [1.29, 1.82) is 0 Å². The molecule has 6 nitrogen and oxygen atoms in total. The van der Waals surface area contributed by atoms with Gasteiger partial charge in [-0.3, -0.25) is 4.79 Å². The van der Waals surface area contributed by atoms with Crippen molar-refractivity contribution in [2.24, 2.45) is 0 Å². The summed E-state index contributed by atoms with van der Waals surface area (Å²) >= 11 is 0. The zero-order chi connectivity index (χ0) is 17.8. The van der Waals surface area contributed by atoms with Gasteiger partial charge in [0.25, 0.3) is 5.91 Å². The number of ether oxygens (including phenoxy) is 1. The van der Waals surface area contributed by atoms with Crippen LogP contribution >= 0.6 is 0 Å². The average Bonchev–Trinajstić information content (AvgIpc) is 3.28. The maximum atomic E-state index is 12.5. The van der Waals surface area contributed by atoms with Gasteiger partial charge < -0.3 is 20.5 Å². The number of alkyl carbamates (subject to hydrolysis) is 1. The molecule has 1 aromatic carbocycles. The van der Waals surface area contributed by atoms with E-state index in [4.69, 9.17) is 4.74 Å². The molecule has 0 heterocycles. The lowest BCUT2D eigenvalue weighted by atomic mass is 9.93. The van der Waals surface area contributed by atoms with E-state index in [1.54, 1.807) is 20.8 Å². The summed E-state index contributed by atoms with van der Waals surface area (Å²) in [6.07, 6.45) is 1.30. The summed E-state index contributed by atoms with van der Waals surface area (Å²) in [5.74, 6) is -0.468. The first-order valence-electron chi connectivity index (χ1n) is 8.22. The standard InChI is InChI=1S/C18H26N2O4/c1-17(2,3)24-16(22)19-12-18(23,15(21)20-14-9-10-14)11-13-7-5-4-6-8-13/h4-8,14,23H,9-12H2,1-3H3,(H,19,22)(H,20,21)/t18-/m1/s1. The van der Waals surface area contributed by atoms with Crippen LogP contribution in [-0.2, 0) is 16.0 Å². The molecular formula is C18H26N2O4. The normalized spacial score (nSPS) is 16.8. The van der Waals surface area contributed by atoms with Crippen LogP contribution in [-0.4, -0.2) is 40.9 Å². The van der Waals surface area contributed by atoms with Crippen molar-refractivity contribution in [3.05, 3.63) is 35.9 Å². The second-order valence-corrected chi connectivity index (χ2v) is 7.30. The lowest BCUT2D eigenvalue weighted by molar-refractivity contribution is -0.139. The highest BCUT2D eigenvalue weighted by molar-refractivity contribution is 5.86. The van der Waals surface area contributed by atoms with Crippen molar-refractivity contribution < 1.29 is 19.4 Å². The molecule has 0 radical (unpaired) electrons. The number of hydrogen-bond acceptors (Lipinski definition) is 4. The quantitative estimate of drug-likeness (QED) is 0.740. The molecule has 3 N–H and O–H groups in total. The van der Waals surface area contributed by atoms with E-state index in [9.17, 15) is 14.7 Å². The molecule has 1 fully saturated rings. The SMILES string of the molecule is CC(C)(C)OC(=O)NC[C@](O)(Cc1ccccc1)C(=O)NC1CC1. The van der Waals surface area contributed by atoms with Gasteiger partial charge in [-0.15, -0.1) is 0 Å². The average molecular weight is 334 g/mol. The van der Waals surface area contributed by atoms with Crippen LogP contribution < -0.4 is 10.6 Å². The molecule has 0 unspecified atom stereocenters. The third kappa shape index (κ3) is 5.85. The number of amides is 2. The molecule has 0 bridgehead atoms. The summed E-state index contributed by atoms with van der Waals surface area (Å²) in [5.41, 5.74) is -1.55. The highest BCUT2D eigenvalue weighted by Crippen LogP contribution is 2.21. The first-order chi connectivity index (χ1) is 11.2. The zero-order valence-corrected chi connectivity index (χ0v) is 14.5. The fourth-order valence-corrected chi connectivity index (χ4v) is 2.24. The Morgan fingerprint density at radius 2 is 1.83 bits per heavy atom. The predicted octanol–water partition coefficient (Wildman–Crippen LogP) is 1.76. The smallest absolute Gasteiger partial charge is 0.407 e. The lowest BCUT2D eigenvalue weighted by Gasteiger charge is -2.28. The Kier molecular flexibility index (Phi) is 5.49. The van der Waals surface area contributed by atoms with E-state index in [0.29, 0.717) is 0 Å². The van der Waals surface area contributed by atoms with Gasteiger partial charge in [-0.05, 0) is 39.2 Å². The third-order valence-corrected chi connectivity index (χ3v) is 3.60. The largest absolute Gasteiger partial charge is 0.444 e. The molecule has 0 saturated heterocycles. The van der Waals surface area contributed by atoms with Crippen LogP contribution in [0.15, 0.2) is 30.3 Å². The molecule has 1 atom stereocenters. The summed E-state index contributed by atoms with van der Waals surface area (Å²) < 4.78 is 5.16. The fourth-order valence-electron chi connectivity index (χ4n) is 2.24. The molecule has 2 amide bonds. The molecule has 1 aromatic rings. The minimum absolute atomic E-state index is 0.113. The fraction of sp³-hybridized carbons (Fsp3) is 0.556. The van der Waals surface area contributed by atoms with Crippen LogP contribution in [0.3, 0.4) is 0 Å². The van der Waals surface area contributed by atoms with E-state index in [-0.39, 0.29) is 19.0 Å². The Morgan fingerprint density at radius 1 is 1.21 bits per heavy atom. The van der Waals surface area contributed by atoms with E-state index in [1.807, 2.05) is 30.3 Å². The van der Waals surface area contributed by atoms with Crippen LogP contribution in [0.25, 0.3) is 0 Å². The van der Waals surface area contributed by atoms with Gasteiger partial charge in [0.1, 0.15) is 5.60 Å². The van der Waals surface area contributed by atoms with E-state index in [0.717, 1.165) is 18.4 Å². The first kappa shape index (κ1) is 18.3. The van der Waals surface area contributed by atoms with Gasteiger partial charge in [-0.25, -0.2) is 4.79 Å². The molecule has 0 aromatic heterocycles. The van der Waals surface area contributed by atoms with Gasteiger partial charge in [0.15, 0.2) is 5.60 Å². The summed E-state index contributed by atoms with van der Waals surface area (Å²) in [6, 6.07) is 9.35. The van der Waals surface area contributed by atoms with Crippen molar-refractivity contribution in [3.63, 3.8) is 0 Å². The Balaban J connectivity index is 2.04. The van der Waals surface area contributed by atoms with Crippen LogP contribution in [0.2, 0.25) is 0 Å². The summed E-state index contributed by atoms with van der Waals surface area (Å²) in [7, 11) is 0. The number of hydrogen-bond donors (Lipinski definition) is 3. The Morgan fingerprint density at radius 3 is 2.38 bits per heavy atom. The van der Waals surface area contributed by atoms with E-state index < -0.39 is 23.2 Å². The van der Waals surface area contributed by atoms with Crippen molar-refractivity contribution in [3.8, 4) is 0 Å². The maximum absolute atomic E-state index is 12.5. The summed E-state index contributed by atoms with van der Waals surface area (Å²) in [6.45, 7) is 5.04. The molecule has 24 heavy (non-hydrogen) atoms. The molecule has 2 rings (SSSR count). The second kappa shape index (κ2) is 7.21. The lowest BCUT2D eigenvalue weighted by Crippen LogP contribution is -2.56. The molecular weight excluding hydrogens is 308 g/mol. The summed E-state index contributed by atoms with van der Waals surface area (Å²) in [5, 5.41) is 16.2.